The molecule has 23 heavy (non-hydrogen) atoms. The van der Waals surface area contributed by atoms with Gasteiger partial charge in [0.1, 0.15) is 0 Å². The van der Waals surface area contributed by atoms with Crippen molar-refractivity contribution in [2.45, 2.75) is 32.0 Å². The summed E-state index contributed by atoms with van der Waals surface area (Å²) in [5.74, 6) is 0. The van der Waals surface area contributed by atoms with Gasteiger partial charge in [-0.25, -0.2) is 0 Å². The van der Waals surface area contributed by atoms with Gasteiger partial charge in [0.2, 0.25) is 0 Å². The molecule has 1 saturated heterocycles. The molecule has 1 aliphatic heterocycles. The van der Waals surface area contributed by atoms with E-state index in [0.29, 0.717) is 6.04 Å². The summed E-state index contributed by atoms with van der Waals surface area (Å²) in [6, 6.07) is 17.0. The van der Waals surface area contributed by atoms with Crippen molar-refractivity contribution in [2.24, 2.45) is 0 Å². The van der Waals surface area contributed by atoms with Crippen molar-refractivity contribution in [3.05, 3.63) is 64.7 Å². The maximum absolute atomic E-state index is 6.40. The lowest BCUT2D eigenvalue weighted by Crippen LogP contribution is -2.42. The molecule has 0 bridgehead atoms. The Kier molecular flexibility index (Phi) is 5.55. The molecule has 3 nitrogen and oxygen atoms in total. The molecule has 0 atom stereocenters. The van der Waals surface area contributed by atoms with Gasteiger partial charge in [0.25, 0.3) is 0 Å². The maximum atomic E-state index is 6.40. The number of rotatable bonds is 5. The third kappa shape index (κ3) is 4.25. The van der Waals surface area contributed by atoms with Gasteiger partial charge in [-0.05, 0) is 43.6 Å². The van der Waals surface area contributed by atoms with Crippen LogP contribution in [0.1, 0.15) is 24.0 Å². The molecule has 0 unspecified atom stereocenters. The Hall–Kier alpha value is -1.55. The number of anilines is 1. The second-order valence-electron chi connectivity index (χ2n) is 6.18. The van der Waals surface area contributed by atoms with Gasteiger partial charge in [0.15, 0.2) is 0 Å². The molecular weight excluding hydrogens is 306 g/mol. The Bertz CT molecular complexity index is 604. The zero-order chi connectivity index (χ0) is 16.1. The highest BCUT2D eigenvalue weighted by molar-refractivity contribution is 6.31. The largest absolute Gasteiger partial charge is 0.398 e. The van der Waals surface area contributed by atoms with Crippen LogP contribution in [0.15, 0.2) is 48.5 Å². The number of hydrogen-bond donors (Lipinski definition) is 2. The standard InChI is InChI=1S/C19H24ClN3/c20-18-7-4-8-19(21)17(18)14-23(16-9-11-22-12-10-16)13-15-5-2-1-3-6-15/h1-8,16,22H,9-14,21H2. The molecule has 1 heterocycles. The van der Waals surface area contributed by atoms with E-state index < -0.39 is 0 Å². The normalized spacial score (nSPS) is 15.9. The molecule has 0 radical (unpaired) electrons. The van der Waals surface area contributed by atoms with Crippen molar-refractivity contribution in [3.63, 3.8) is 0 Å². The first-order valence-corrected chi connectivity index (χ1v) is 8.63. The fourth-order valence-electron chi connectivity index (χ4n) is 3.25. The molecule has 1 aliphatic rings. The molecule has 0 aromatic heterocycles. The Morgan fingerprint density at radius 3 is 2.43 bits per heavy atom. The van der Waals surface area contributed by atoms with Gasteiger partial charge in [0.05, 0.1) is 0 Å². The first kappa shape index (κ1) is 16.3. The SMILES string of the molecule is Nc1cccc(Cl)c1CN(Cc1ccccc1)C1CCNCC1. The minimum absolute atomic E-state index is 0.562. The third-order valence-corrected chi connectivity index (χ3v) is 4.92. The van der Waals surface area contributed by atoms with E-state index in [-0.39, 0.29) is 0 Å². The van der Waals surface area contributed by atoms with Crippen LogP contribution in [0.3, 0.4) is 0 Å². The van der Waals surface area contributed by atoms with Crippen molar-refractivity contribution in [2.75, 3.05) is 18.8 Å². The van der Waals surface area contributed by atoms with Crippen LogP contribution in [-0.2, 0) is 13.1 Å². The predicted molar refractivity (Wildman–Crippen MR) is 97.4 cm³/mol. The quantitative estimate of drug-likeness (QED) is 0.822. The van der Waals surface area contributed by atoms with Crippen molar-refractivity contribution in [1.82, 2.24) is 10.2 Å². The summed E-state index contributed by atoms with van der Waals surface area (Å²) in [5, 5.41) is 4.20. The van der Waals surface area contributed by atoms with Gasteiger partial charge >= 0.3 is 0 Å². The molecule has 2 aromatic carbocycles. The zero-order valence-electron chi connectivity index (χ0n) is 13.3. The smallest absolute Gasteiger partial charge is 0.0471 e. The van der Waals surface area contributed by atoms with E-state index >= 15 is 0 Å². The van der Waals surface area contributed by atoms with Gasteiger partial charge in [-0.1, -0.05) is 48.0 Å². The van der Waals surface area contributed by atoms with E-state index in [1.165, 1.54) is 5.56 Å². The predicted octanol–water partition coefficient (Wildman–Crippen LogP) is 3.68. The summed E-state index contributed by atoms with van der Waals surface area (Å²) in [6.07, 6.45) is 2.33. The molecular formula is C19H24ClN3. The van der Waals surface area contributed by atoms with Gasteiger partial charge in [-0.2, -0.15) is 0 Å². The number of nitrogen functional groups attached to an aromatic ring is 1. The summed E-state index contributed by atoms with van der Waals surface area (Å²) in [4.78, 5) is 2.52. The van der Waals surface area contributed by atoms with Gasteiger partial charge in [0, 0.05) is 35.4 Å². The van der Waals surface area contributed by atoms with E-state index in [0.717, 1.165) is 55.3 Å². The van der Waals surface area contributed by atoms with E-state index in [9.17, 15) is 0 Å². The molecule has 0 spiro atoms. The van der Waals surface area contributed by atoms with Gasteiger partial charge in [-0.15, -0.1) is 0 Å². The Morgan fingerprint density at radius 2 is 1.74 bits per heavy atom. The van der Waals surface area contributed by atoms with Crippen molar-refractivity contribution < 1.29 is 0 Å². The maximum Gasteiger partial charge on any atom is 0.0471 e. The van der Waals surface area contributed by atoms with Crippen molar-refractivity contribution in [1.29, 1.82) is 0 Å². The molecule has 3 N–H and O–H groups in total. The molecule has 1 fully saturated rings. The van der Waals surface area contributed by atoms with Crippen LogP contribution in [0.2, 0.25) is 5.02 Å². The third-order valence-electron chi connectivity index (χ3n) is 4.57. The highest BCUT2D eigenvalue weighted by Crippen LogP contribution is 2.27. The van der Waals surface area contributed by atoms with Crippen molar-refractivity contribution >= 4 is 17.3 Å². The highest BCUT2D eigenvalue weighted by Gasteiger charge is 2.22. The van der Waals surface area contributed by atoms with Crippen LogP contribution in [0.5, 0.6) is 0 Å². The van der Waals surface area contributed by atoms with Crippen LogP contribution < -0.4 is 11.1 Å². The average Bonchev–Trinajstić information content (AvgIpc) is 2.59. The first-order valence-electron chi connectivity index (χ1n) is 8.25. The van der Waals surface area contributed by atoms with Crippen LogP contribution in [0.25, 0.3) is 0 Å². The number of nitrogens with zero attached hydrogens (tertiary/aromatic N) is 1. The minimum atomic E-state index is 0.562. The molecule has 0 aliphatic carbocycles. The van der Waals surface area contributed by atoms with E-state index in [4.69, 9.17) is 17.3 Å². The first-order chi connectivity index (χ1) is 11.2. The number of piperidine rings is 1. The molecule has 3 rings (SSSR count). The molecule has 0 saturated carbocycles. The Balaban J connectivity index is 1.82. The van der Waals surface area contributed by atoms with E-state index in [1.807, 2.05) is 18.2 Å². The summed E-state index contributed by atoms with van der Waals surface area (Å²) >= 11 is 6.40. The molecule has 0 amide bonds. The topological polar surface area (TPSA) is 41.3 Å². The summed E-state index contributed by atoms with van der Waals surface area (Å²) in [5.41, 5.74) is 9.33. The second kappa shape index (κ2) is 7.82. The Morgan fingerprint density at radius 1 is 1.00 bits per heavy atom. The molecule has 122 valence electrons. The molecule has 2 aromatic rings. The van der Waals surface area contributed by atoms with Crippen LogP contribution in [0, 0.1) is 0 Å². The Labute approximate surface area is 143 Å². The number of nitrogens with one attached hydrogen (secondary N) is 1. The minimum Gasteiger partial charge on any atom is -0.398 e. The number of halogens is 1. The number of benzene rings is 2. The van der Waals surface area contributed by atoms with Crippen LogP contribution >= 0.6 is 11.6 Å². The van der Waals surface area contributed by atoms with Gasteiger partial charge < -0.3 is 11.1 Å². The fourth-order valence-corrected chi connectivity index (χ4v) is 3.49. The van der Waals surface area contributed by atoms with Crippen LogP contribution in [-0.4, -0.2) is 24.0 Å². The van der Waals surface area contributed by atoms with E-state index in [1.54, 1.807) is 0 Å². The van der Waals surface area contributed by atoms with Crippen molar-refractivity contribution in [3.8, 4) is 0 Å². The lowest BCUT2D eigenvalue weighted by Gasteiger charge is -2.35. The van der Waals surface area contributed by atoms with E-state index in [2.05, 4.69) is 40.5 Å². The molecule has 4 heteroatoms. The fraction of sp³-hybridized carbons (Fsp3) is 0.368. The number of hydrogen-bond acceptors (Lipinski definition) is 3. The van der Waals surface area contributed by atoms with Crippen LogP contribution in [0.4, 0.5) is 5.69 Å². The lowest BCUT2D eigenvalue weighted by atomic mass is 10.0. The van der Waals surface area contributed by atoms with Gasteiger partial charge in [-0.3, -0.25) is 4.90 Å². The highest BCUT2D eigenvalue weighted by atomic mass is 35.5. The summed E-state index contributed by atoms with van der Waals surface area (Å²) in [6.45, 7) is 3.88. The lowest BCUT2D eigenvalue weighted by molar-refractivity contribution is 0.146. The second-order valence-corrected chi connectivity index (χ2v) is 6.59. The summed E-state index contributed by atoms with van der Waals surface area (Å²) < 4.78 is 0. The number of nitrogens with two attached hydrogens (primary N) is 1. The zero-order valence-corrected chi connectivity index (χ0v) is 14.1. The summed E-state index contributed by atoms with van der Waals surface area (Å²) in [7, 11) is 0. The monoisotopic (exact) mass is 329 g/mol. The average molecular weight is 330 g/mol.